The average Bonchev–Trinajstić information content (AvgIpc) is 3.39. The van der Waals surface area contributed by atoms with Crippen LogP contribution in [-0.4, -0.2) is 103 Å². The third-order valence-electron chi connectivity index (χ3n) is 6.31. The van der Waals surface area contributed by atoms with Gasteiger partial charge in [0.15, 0.2) is 0 Å². The maximum absolute atomic E-state index is 13.2. The van der Waals surface area contributed by atoms with Crippen molar-refractivity contribution in [3.8, 4) is 11.5 Å². The minimum absolute atomic E-state index is 0.0326. The second-order valence-corrected chi connectivity index (χ2v) is 10.1. The Hall–Kier alpha value is -2.70. The van der Waals surface area contributed by atoms with Crippen molar-refractivity contribution in [1.29, 1.82) is 0 Å². The molecule has 180 valence electrons. The number of aromatic nitrogens is 3. The van der Waals surface area contributed by atoms with E-state index in [2.05, 4.69) is 15.0 Å². The van der Waals surface area contributed by atoms with Gasteiger partial charge in [-0.25, -0.2) is 18.1 Å². The summed E-state index contributed by atoms with van der Waals surface area (Å²) in [5.41, 5.74) is 0. The molecule has 11 nitrogen and oxygen atoms in total. The number of carbonyl (C=O) groups is 1. The molecule has 0 radical (unpaired) electrons. The van der Waals surface area contributed by atoms with Crippen LogP contribution in [-0.2, 0) is 14.8 Å². The molecule has 33 heavy (non-hydrogen) atoms. The number of hydrogen-bond acceptors (Lipinski definition) is 8. The third-order valence-corrected chi connectivity index (χ3v) is 8.23. The lowest BCUT2D eigenvalue weighted by atomic mass is 10.1. The molecule has 2 fully saturated rings. The van der Waals surface area contributed by atoms with Crippen LogP contribution in [0.15, 0.2) is 35.7 Å². The van der Waals surface area contributed by atoms with E-state index in [1.807, 2.05) is 4.68 Å². The largest absolute Gasteiger partial charge is 0.497 e. The maximum atomic E-state index is 13.2. The molecule has 2 aliphatic heterocycles. The number of likely N-dealkylation sites (tertiary alicyclic amines) is 1. The predicted octanol–water partition coefficient (Wildman–Crippen LogP) is 0.465. The first-order chi connectivity index (χ1) is 15.9. The first kappa shape index (κ1) is 23.5. The van der Waals surface area contributed by atoms with E-state index in [-0.39, 0.29) is 29.6 Å². The first-order valence-electron chi connectivity index (χ1n) is 11.0. The van der Waals surface area contributed by atoms with Gasteiger partial charge in [0, 0.05) is 45.3 Å². The number of amides is 1. The number of carbonyl (C=O) groups excluding carboxylic acids is 1. The van der Waals surface area contributed by atoms with Crippen molar-refractivity contribution < 1.29 is 22.7 Å². The zero-order chi connectivity index (χ0) is 23.4. The summed E-state index contributed by atoms with van der Waals surface area (Å²) in [6.45, 7) is 3.19. The van der Waals surface area contributed by atoms with Gasteiger partial charge in [-0.05, 0) is 25.0 Å². The fourth-order valence-corrected chi connectivity index (χ4v) is 5.93. The number of ether oxygens (including phenoxy) is 2. The van der Waals surface area contributed by atoms with E-state index in [9.17, 15) is 13.2 Å². The number of benzene rings is 1. The van der Waals surface area contributed by atoms with E-state index in [1.54, 1.807) is 29.7 Å². The van der Waals surface area contributed by atoms with Crippen molar-refractivity contribution in [2.45, 2.75) is 23.8 Å². The number of rotatable bonds is 7. The van der Waals surface area contributed by atoms with Crippen molar-refractivity contribution >= 4 is 15.9 Å². The summed E-state index contributed by atoms with van der Waals surface area (Å²) in [6.07, 6.45) is 5.12. The lowest BCUT2D eigenvalue weighted by molar-refractivity contribution is -0.133. The SMILES string of the molecule is COc1ccc(OC)c(S(=O)(=O)N2CCN(C(=O)CN3CCC(n4cncn4)CC3)CC2)c1. The molecule has 1 amide bonds. The molecule has 0 bridgehead atoms. The molecule has 1 aromatic heterocycles. The molecule has 0 N–H and O–H groups in total. The highest BCUT2D eigenvalue weighted by atomic mass is 32.2. The zero-order valence-electron chi connectivity index (χ0n) is 19.0. The molecule has 0 unspecified atom stereocenters. The number of nitrogens with zero attached hydrogens (tertiary/aromatic N) is 6. The van der Waals surface area contributed by atoms with Gasteiger partial charge in [0.25, 0.3) is 0 Å². The van der Waals surface area contributed by atoms with Crippen molar-refractivity contribution in [1.82, 2.24) is 28.9 Å². The fourth-order valence-electron chi connectivity index (χ4n) is 4.34. The van der Waals surface area contributed by atoms with E-state index in [0.717, 1.165) is 25.9 Å². The topological polar surface area (TPSA) is 110 Å². The van der Waals surface area contributed by atoms with Crippen LogP contribution in [0.4, 0.5) is 0 Å². The Morgan fingerprint density at radius 3 is 2.39 bits per heavy atom. The normalized spacial score (nSPS) is 18.9. The molecule has 2 saturated heterocycles. The Kier molecular flexibility index (Phi) is 7.15. The van der Waals surface area contributed by atoms with Gasteiger partial charge in [0.2, 0.25) is 15.9 Å². The highest BCUT2D eigenvalue weighted by Gasteiger charge is 2.33. The number of piperidine rings is 1. The standard InChI is InChI=1S/C21H30N6O5S/c1-31-18-3-4-19(32-2)20(13-18)33(29,30)26-11-9-25(10-12-26)21(28)14-24-7-5-17(6-8-24)27-16-22-15-23-27/h3-4,13,15-17H,5-12,14H2,1-2H3. The molecule has 1 aromatic carbocycles. The van der Waals surface area contributed by atoms with E-state index < -0.39 is 10.0 Å². The van der Waals surface area contributed by atoms with Gasteiger partial charge in [-0.3, -0.25) is 9.69 Å². The Bertz CT molecular complexity index is 1050. The van der Waals surface area contributed by atoms with Gasteiger partial charge in [0.05, 0.1) is 26.8 Å². The van der Waals surface area contributed by atoms with Crippen molar-refractivity contribution in [3.05, 3.63) is 30.9 Å². The van der Waals surface area contributed by atoms with Crippen LogP contribution in [0.1, 0.15) is 18.9 Å². The number of piperazine rings is 1. The Balaban J connectivity index is 1.31. The zero-order valence-corrected chi connectivity index (χ0v) is 19.8. The van der Waals surface area contributed by atoms with Gasteiger partial charge in [-0.15, -0.1) is 0 Å². The molecule has 0 saturated carbocycles. The lowest BCUT2D eigenvalue weighted by Crippen LogP contribution is -2.53. The van der Waals surface area contributed by atoms with E-state index in [1.165, 1.54) is 24.6 Å². The molecular weight excluding hydrogens is 448 g/mol. The Morgan fingerprint density at radius 2 is 1.79 bits per heavy atom. The molecule has 4 rings (SSSR count). The monoisotopic (exact) mass is 478 g/mol. The minimum Gasteiger partial charge on any atom is -0.497 e. The summed E-state index contributed by atoms with van der Waals surface area (Å²) in [5.74, 6) is 0.740. The second-order valence-electron chi connectivity index (χ2n) is 8.18. The summed E-state index contributed by atoms with van der Waals surface area (Å²) < 4.78 is 40.2. The molecule has 3 heterocycles. The maximum Gasteiger partial charge on any atom is 0.247 e. The smallest absolute Gasteiger partial charge is 0.247 e. The van der Waals surface area contributed by atoms with Gasteiger partial charge in [0.1, 0.15) is 29.0 Å². The quantitative estimate of drug-likeness (QED) is 0.565. The minimum atomic E-state index is -3.77. The average molecular weight is 479 g/mol. The van der Waals surface area contributed by atoms with E-state index in [0.29, 0.717) is 31.4 Å². The number of sulfonamides is 1. The van der Waals surface area contributed by atoms with Gasteiger partial charge in [-0.1, -0.05) is 0 Å². The van der Waals surface area contributed by atoms with Gasteiger partial charge >= 0.3 is 0 Å². The lowest BCUT2D eigenvalue weighted by Gasteiger charge is -2.36. The first-order valence-corrected chi connectivity index (χ1v) is 12.4. The van der Waals surface area contributed by atoms with Crippen molar-refractivity contribution in [2.24, 2.45) is 0 Å². The van der Waals surface area contributed by atoms with Crippen LogP contribution >= 0.6 is 0 Å². The van der Waals surface area contributed by atoms with Crippen LogP contribution in [0.2, 0.25) is 0 Å². The van der Waals surface area contributed by atoms with Crippen molar-refractivity contribution in [3.63, 3.8) is 0 Å². The van der Waals surface area contributed by atoms with E-state index >= 15 is 0 Å². The van der Waals surface area contributed by atoms with E-state index in [4.69, 9.17) is 9.47 Å². The van der Waals surface area contributed by atoms with Crippen LogP contribution in [0.5, 0.6) is 11.5 Å². The van der Waals surface area contributed by atoms with Gasteiger partial charge in [-0.2, -0.15) is 9.40 Å². The third kappa shape index (κ3) is 5.12. The fraction of sp³-hybridized carbons (Fsp3) is 0.571. The summed E-state index contributed by atoms with van der Waals surface area (Å²) in [4.78, 5) is 20.8. The molecular formula is C21H30N6O5S. The summed E-state index contributed by atoms with van der Waals surface area (Å²) >= 11 is 0. The van der Waals surface area contributed by atoms with Crippen LogP contribution in [0.25, 0.3) is 0 Å². The highest BCUT2D eigenvalue weighted by molar-refractivity contribution is 7.89. The Morgan fingerprint density at radius 1 is 1.06 bits per heavy atom. The molecule has 2 aliphatic rings. The molecule has 0 spiro atoms. The second kappa shape index (κ2) is 10.1. The summed E-state index contributed by atoms with van der Waals surface area (Å²) in [5, 5.41) is 4.21. The Labute approximate surface area is 193 Å². The van der Waals surface area contributed by atoms with Crippen LogP contribution < -0.4 is 9.47 Å². The molecule has 12 heteroatoms. The van der Waals surface area contributed by atoms with Crippen LogP contribution in [0.3, 0.4) is 0 Å². The number of methoxy groups -OCH3 is 2. The summed E-state index contributed by atoms with van der Waals surface area (Å²) in [6, 6.07) is 5.02. The molecule has 0 atom stereocenters. The molecule has 2 aromatic rings. The molecule has 0 aliphatic carbocycles. The van der Waals surface area contributed by atoms with Gasteiger partial charge < -0.3 is 14.4 Å². The van der Waals surface area contributed by atoms with Crippen LogP contribution in [0, 0.1) is 0 Å². The summed E-state index contributed by atoms with van der Waals surface area (Å²) in [7, 11) is -0.852. The number of hydrogen-bond donors (Lipinski definition) is 0. The predicted molar refractivity (Wildman–Crippen MR) is 120 cm³/mol. The van der Waals surface area contributed by atoms with Crippen molar-refractivity contribution in [2.75, 3.05) is 60.0 Å². The highest BCUT2D eigenvalue weighted by Crippen LogP contribution is 2.31.